The molecule has 6 heteroatoms. The minimum atomic E-state index is -0.532. The Morgan fingerprint density at radius 2 is 1.79 bits per heavy atom. The Hall–Kier alpha value is -1.98. The topological polar surface area (TPSA) is 86.3 Å². The van der Waals surface area contributed by atoms with Crippen LogP contribution in [0.4, 0.5) is 5.69 Å². The molecule has 0 fully saturated rings. The highest BCUT2D eigenvalue weighted by Gasteiger charge is 2.13. The molecule has 14 heavy (non-hydrogen) atoms. The fourth-order valence-electron chi connectivity index (χ4n) is 1.11. The van der Waals surface area contributed by atoms with Gasteiger partial charge in [0.15, 0.2) is 0 Å². The summed E-state index contributed by atoms with van der Waals surface area (Å²) in [6.45, 7) is -0.287. The van der Waals surface area contributed by atoms with Gasteiger partial charge in [0.25, 0.3) is 5.69 Å². The maximum absolute atomic E-state index is 10.5. The normalized spacial score (nSPS) is 9.71. The van der Waals surface area contributed by atoms with Gasteiger partial charge in [0.05, 0.1) is 4.92 Å². The van der Waals surface area contributed by atoms with Crippen LogP contribution in [0.1, 0.15) is 5.56 Å². The molecular weight excluding hydrogens is 188 g/mol. The first-order valence-corrected chi connectivity index (χ1v) is 3.95. The lowest BCUT2D eigenvalue weighted by molar-refractivity contribution is -0.479. The standard InChI is InChI=1S/C8H8N2O4/c11-9(12)6-5-7-3-1-2-4-8(7)10(13)14/h1-4H,5-6H2. The molecule has 0 bridgehead atoms. The molecule has 6 nitrogen and oxygen atoms in total. The van der Waals surface area contributed by atoms with Crippen molar-refractivity contribution in [1.29, 1.82) is 0 Å². The van der Waals surface area contributed by atoms with E-state index in [9.17, 15) is 20.2 Å². The summed E-state index contributed by atoms with van der Waals surface area (Å²) >= 11 is 0. The second-order valence-electron chi connectivity index (χ2n) is 2.69. The molecule has 1 rings (SSSR count). The van der Waals surface area contributed by atoms with Gasteiger partial charge in [-0.2, -0.15) is 0 Å². The Morgan fingerprint density at radius 3 is 2.36 bits per heavy atom. The summed E-state index contributed by atoms with van der Waals surface area (Å²) in [4.78, 5) is 19.6. The molecule has 0 aliphatic carbocycles. The van der Waals surface area contributed by atoms with Crippen LogP contribution in [0, 0.1) is 20.2 Å². The Labute approximate surface area is 79.5 Å². The Bertz CT molecular complexity index is 364. The quantitative estimate of drug-likeness (QED) is 0.538. The molecule has 0 amide bonds. The lowest BCUT2D eigenvalue weighted by Crippen LogP contribution is -2.05. The summed E-state index contributed by atoms with van der Waals surface area (Å²) in [5.41, 5.74) is 0.337. The summed E-state index contributed by atoms with van der Waals surface area (Å²) in [5.74, 6) is 0. The Morgan fingerprint density at radius 1 is 1.14 bits per heavy atom. The van der Waals surface area contributed by atoms with Gasteiger partial charge in [-0.05, 0) is 0 Å². The molecule has 0 saturated heterocycles. The van der Waals surface area contributed by atoms with Gasteiger partial charge >= 0.3 is 0 Å². The molecule has 1 aromatic rings. The van der Waals surface area contributed by atoms with E-state index < -0.39 is 9.85 Å². The van der Waals surface area contributed by atoms with Crippen molar-refractivity contribution in [2.75, 3.05) is 6.54 Å². The predicted octanol–water partition coefficient (Wildman–Crippen LogP) is 1.41. The molecule has 1 aromatic carbocycles. The van der Waals surface area contributed by atoms with E-state index in [4.69, 9.17) is 0 Å². The lowest BCUT2D eigenvalue weighted by atomic mass is 10.1. The van der Waals surface area contributed by atoms with Crippen molar-refractivity contribution >= 4 is 5.69 Å². The summed E-state index contributed by atoms with van der Waals surface area (Å²) in [5, 5.41) is 20.6. The fraction of sp³-hybridized carbons (Fsp3) is 0.250. The minimum absolute atomic E-state index is 0.0608. The smallest absolute Gasteiger partial charge is 0.265 e. The van der Waals surface area contributed by atoms with E-state index >= 15 is 0 Å². The van der Waals surface area contributed by atoms with Crippen LogP contribution in [0.15, 0.2) is 24.3 Å². The van der Waals surface area contributed by atoms with Gasteiger partial charge in [0.1, 0.15) is 0 Å². The number of nitrogens with zero attached hydrogens (tertiary/aromatic N) is 2. The molecule has 74 valence electrons. The van der Waals surface area contributed by atoms with Gasteiger partial charge in [0, 0.05) is 23.0 Å². The molecule has 0 unspecified atom stereocenters. The minimum Gasteiger partial charge on any atom is -0.265 e. The number of rotatable bonds is 4. The molecule has 0 aliphatic heterocycles. The first kappa shape index (κ1) is 10.1. The van der Waals surface area contributed by atoms with Gasteiger partial charge in [-0.25, -0.2) is 0 Å². The van der Waals surface area contributed by atoms with Crippen LogP contribution in [0.5, 0.6) is 0 Å². The molecular formula is C8H8N2O4. The highest BCUT2D eigenvalue weighted by molar-refractivity contribution is 5.39. The molecule has 0 radical (unpaired) electrons. The van der Waals surface area contributed by atoms with Crippen molar-refractivity contribution in [2.24, 2.45) is 0 Å². The average Bonchev–Trinajstić information content (AvgIpc) is 2.15. The van der Waals surface area contributed by atoms with Crippen LogP contribution in [0.25, 0.3) is 0 Å². The zero-order valence-electron chi connectivity index (χ0n) is 7.25. The molecule has 0 aromatic heterocycles. The fourth-order valence-corrected chi connectivity index (χ4v) is 1.11. The van der Waals surface area contributed by atoms with Crippen LogP contribution in [0.3, 0.4) is 0 Å². The van der Waals surface area contributed by atoms with Crippen LogP contribution in [-0.2, 0) is 6.42 Å². The van der Waals surface area contributed by atoms with Gasteiger partial charge < -0.3 is 0 Å². The highest BCUT2D eigenvalue weighted by atomic mass is 16.6. The number of hydrogen-bond donors (Lipinski definition) is 0. The second kappa shape index (κ2) is 4.31. The largest absolute Gasteiger partial charge is 0.272 e. The van der Waals surface area contributed by atoms with E-state index in [-0.39, 0.29) is 18.7 Å². The number of benzene rings is 1. The molecule has 0 N–H and O–H groups in total. The summed E-state index contributed by atoms with van der Waals surface area (Å²) in [6, 6.07) is 6.03. The van der Waals surface area contributed by atoms with Crippen LogP contribution in [0.2, 0.25) is 0 Å². The van der Waals surface area contributed by atoms with Crippen molar-refractivity contribution in [3.8, 4) is 0 Å². The predicted molar refractivity (Wildman–Crippen MR) is 48.7 cm³/mol. The molecule has 0 atom stereocenters. The van der Waals surface area contributed by atoms with E-state index in [2.05, 4.69) is 0 Å². The maximum atomic E-state index is 10.5. The van der Waals surface area contributed by atoms with Crippen molar-refractivity contribution < 1.29 is 9.85 Å². The third kappa shape index (κ3) is 2.51. The summed E-state index contributed by atoms with van der Waals surface area (Å²) in [7, 11) is 0. The van der Waals surface area contributed by atoms with Gasteiger partial charge in [-0.15, -0.1) is 0 Å². The van der Waals surface area contributed by atoms with Crippen LogP contribution in [-0.4, -0.2) is 16.4 Å². The maximum Gasteiger partial charge on any atom is 0.272 e. The molecule has 0 heterocycles. The Balaban J connectivity index is 2.84. The number of hydrogen-bond acceptors (Lipinski definition) is 4. The summed E-state index contributed by atoms with van der Waals surface area (Å²) < 4.78 is 0. The van der Waals surface area contributed by atoms with Gasteiger partial charge in [-0.3, -0.25) is 20.2 Å². The van der Waals surface area contributed by atoms with Crippen molar-refractivity contribution in [3.63, 3.8) is 0 Å². The number of nitro groups is 2. The third-order valence-corrected chi connectivity index (χ3v) is 1.75. The lowest BCUT2D eigenvalue weighted by Gasteiger charge is -1.98. The number of nitro benzene ring substituents is 1. The average molecular weight is 196 g/mol. The number of para-hydroxylation sites is 1. The monoisotopic (exact) mass is 196 g/mol. The van der Waals surface area contributed by atoms with E-state index in [0.29, 0.717) is 5.56 Å². The highest BCUT2D eigenvalue weighted by Crippen LogP contribution is 2.17. The molecule has 0 aliphatic rings. The van der Waals surface area contributed by atoms with Crippen LogP contribution < -0.4 is 0 Å². The van der Waals surface area contributed by atoms with E-state index in [1.54, 1.807) is 6.07 Å². The molecule has 0 saturated carbocycles. The van der Waals surface area contributed by atoms with E-state index in [0.717, 1.165) is 0 Å². The first-order chi connectivity index (χ1) is 6.61. The van der Waals surface area contributed by atoms with E-state index in [1.807, 2.05) is 0 Å². The van der Waals surface area contributed by atoms with Crippen LogP contribution >= 0.6 is 0 Å². The van der Waals surface area contributed by atoms with E-state index in [1.165, 1.54) is 18.2 Å². The molecule has 0 spiro atoms. The van der Waals surface area contributed by atoms with Crippen molar-refractivity contribution in [1.82, 2.24) is 0 Å². The van der Waals surface area contributed by atoms with Gasteiger partial charge in [-0.1, -0.05) is 18.2 Å². The Kier molecular flexibility index (Phi) is 3.11. The SMILES string of the molecule is O=[N+]([O-])CCc1ccccc1[N+](=O)[O-]. The summed E-state index contributed by atoms with van der Waals surface area (Å²) in [6.07, 6.45) is 0.0875. The van der Waals surface area contributed by atoms with Crippen molar-refractivity contribution in [2.45, 2.75) is 6.42 Å². The zero-order valence-corrected chi connectivity index (χ0v) is 7.25. The second-order valence-corrected chi connectivity index (χ2v) is 2.69. The van der Waals surface area contributed by atoms with Crippen molar-refractivity contribution in [3.05, 3.63) is 50.1 Å². The zero-order chi connectivity index (χ0) is 10.6. The first-order valence-electron chi connectivity index (χ1n) is 3.95. The third-order valence-electron chi connectivity index (χ3n) is 1.75. The van der Waals surface area contributed by atoms with Gasteiger partial charge in [0.2, 0.25) is 6.54 Å².